The number of likely N-dealkylation sites (tertiary alicyclic amines) is 1. The van der Waals surface area contributed by atoms with Crippen molar-refractivity contribution in [3.63, 3.8) is 0 Å². The van der Waals surface area contributed by atoms with Gasteiger partial charge in [-0.3, -0.25) is 9.88 Å². The highest BCUT2D eigenvalue weighted by atomic mass is 32.1. The first-order valence-corrected chi connectivity index (χ1v) is 8.67. The second-order valence-electron chi connectivity index (χ2n) is 6.11. The monoisotopic (exact) mass is 318 g/mol. The van der Waals surface area contributed by atoms with E-state index in [0.29, 0.717) is 0 Å². The number of aromatic nitrogens is 1. The van der Waals surface area contributed by atoms with Crippen molar-refractivity contribution in [2.45, 2.75) is 31.4 Å². The molecule has 1 saturated heterocycles. The molecular formula is C17H19FN2OS. The molecule has 0 aromatic carbocycles. The molecule has 116 valence electrons. The Labute approximate surface area is 133 Å². The van der Waals surface area contributed by atoms with Crippen LogP contribution in [0.1, 0.15) is 29.0 Å². The van der Waals surface area contributed by atoms with Crippen LogP contribution in [-0.2, 0) is 23.3 Å². The van der Waals surface area contributed by atoms with Gasteiger partial charge in [0.25, 0.3) is 0 Å². The lowest BCUT2D eigenvalue weighted by Crippen LogP contribution is -2.45. The van der Waals surface area contributed by atoms with Gasteiger partial charge in [0.2, 0.25) is 0 Å². The second kappa shape index (κ2) is 5.72. The number of fused-ring (bicyclic) bond motifs is 2. The summed E-state index contributed by atoms with van der Waals surface area (Å²) < 4.78 is 19.1. The van der Waals surface area contributed by atoms with E-state index in [0.717, 1.165) is 51.2 Å². The fourth-order valence-electron chi connectivity index (χ4n) is 3.53. The first-order valence-electron chi connectivity index (χ1n) is 7.79. The van der Waals surface area contributed by atoms with Crippen LogP contribution in [-0.4, -0.2) is 29.6 Å². The molecule has 4 heterocycles. The number of thiophene rings is 1. The Morgan fingerprint density at radius 2 is 2.14 bits per heavy atom. The van der Waals surface area contributed by atoms with E-state index in [1.807, 2.05) is 11.3 Å². The summed E-state index contributed by atoms with van der Waals surface area (Å²) in [7, 11) is 0. The van der Waals surface area contributed by atoms with Gasteiger partial charge in [-0.2, -0.15) is 0 Å². The molecule has 22 heavy (non-hydrogen) atoms. The molecule has 2 aliphatic heterocycles. The van der Waals surface area contributed by atoms with Crippen LogP contribution in [0, 0.1) is 5.82 Å². The summed E-state index contributed by atoms with van der Waals surface area (Å²) in [5.41, 5.74) is 2.35. The summed E-state index contributed by atoms with van der Waals surface area (Å²) in [4.78, 5) is 7.99. The van der Waals surface area contributed by atoms with Crippen LogP contribution in [0.4, 0.5) is 4.39 Å². The molecule has 1 spiro atoms. The standard InChI is InChI=1S/C17H19FN2OS/c18-14-1-2-15(19-11-14)12-20-7-5-17(6-8-20)16-13(3-9-21-17)4-10-22-16/h1-2,4,10-11H,3,5-9,12H2. The number of halogens is 1. The molecular weight excluding hydrogens is 299 g/mol. The molecule has 0 atom stereocenters. The first-order chi connectivity index (χ1) is 10.8. The van der Waals surface area contributed by atoms with Crippen molar-refractivity contribution in [2.75, 3.05) is 19.7 Å². The van der Waals surface area contributed by atoms with Crippen molar-refractivity contribution in [1.29, 1.82) is 0 Å². The quantitative estimate of drug-likeness (QED) is 0.849. The van der Waals surface area contributed by atoms with Gasteiger partial charge >= 0.3 is 0 Å². The van der Waals surface area contributed by atoms with Crippen LogP contribution >= 0.6 is 11.3 Å². The molecule has 2 aromatic rings. The molecule has 2 aromatic heterocycles. The van der Waals surface area contributed by atoms with E-state index in [-0.39, 0.29) is 11.4 Å². The van der Waals surface area contributed by atoms with Gasteiger partial charge in [-0.15, -0.1) is 11.3 Å². The molecule has 1 fully saturated rings. The summed E-state index contributed by atoms with van der Waals surface area (Å²) in [6, 6.07) is 5.50. The summed E-state index contributed by atoms with van der Waals surface area (Å²) in [6.45, 7) is 3.61. The van der Waals surface area contributed by atoms with Crippen LogP contribution in [0.15, 0.2) is 29.8 Å². The van der Waals surface area contributed by atoms with Crippen LogP contribution in [0.25, 0.3) is 0 Å². The van der Waals surface area contributed by atoms with Crippen molar-refractivity contribution in [2.24, 2.45) is 0 Å². The zero-order valence-corrected chi connectivity index (χ0v) is 13.2. The smallest absolute Gasteiger partial charge is 0.141 e. The SMILES string of the molecule is Fc1ccc(CN2CCC3(CC2)OCCc2ccsc23)nc1. The normalized spacial score (nSPS) is 21.0. The van der Waals surface area contributed by atoms with E-state index >= 15 is 0 Å². The topological polar surface area (TPSA) is 25.4 Å². The number of piperidine rings is 1. The molecule has 2 aliphatic rings. The van der Waals surface area contributed by atoms with Gasteiger partial charge in [0.05, 0.1) is 18.5 Å². The van der Waals surface area contributed by atoms with Crippen LogP contribution in [0.3, 0.4) is 0 Å². The lowest BCUT2D eigenvalue weighted by molar-refractivity contribution is -0.0961. The Morgan fingerprint density at radius 1 is 1.27 bits per heavy atom. The van der Waals surface area contributed by atoms with E-state index in [9.17, 15) is 4.39 Å². The fourth-order valence-corrected chi connectivity index (χ4v) is 4.69. The van der Waals surface area contributed by atoms with Gasteiger partial charge in [-0.25, -0.2) is 4.39 Å². The van der Waals surface area contributed by atoms with Crippen molar-refractivity contribution >= 4 is 11.3 Å². The predicted molar refractivity (Wildman–Crippen MR) is 84.4 cm³/mol. The van der Waals surface area contributed by atoms with E-state index in [1.54, 1.807) is 6.07 Å². The zero-order valence-electron chi connectivity index (χ0n) is 12.4. The third-order valence-corrected chi connectivity index (χ3v) is 5.89. The van der Waals surface area contributed by atoms with Crippen molar-refractivity contribution in [3.05, 3.63) is 51.7 Å². The van der Waals surface area contributed by atoms with Crippen LogP contribution in [0.5, 0.6) is 0 Å². The molecule has 0 aliphatic carbocycles. The van der Waals surface area contributed by atoms with Crippen molar-refractivity contribution in [3.8, 4) is 0 Å². The zero-order chi connectivity index (χ0) is 15.0. The van der Waals surface area contributed by atoms with Crippen LogP contribution < -0.4 is 0 Å². The minimum absolute atomic E-state index is 0.0610. The fraction of sp³-hybridized carbons (Fsp3) is 0.471. The highest BCUT2D eigenvalue weighted by molar-refractivity contribution is 7.10. The van der Waals surface area contributed by atoms with E-state index in [2.05, 4.69) is 21.3 Å². The van der Waals surface area contributed by atoms with Gasteiger partial charge in [0, 0.05) is 24.5 Å². The molecule has 0 amide bonds. The molecule has 4 rings (SSSR count). The Bertz CT molecular complexity index is 647. The number of nitrogens with zero attached hydrogens (tertiary/aromatic N) is 2. The summed E-state index contributed by atoms with van der Waals surface area (Å²) in [6.07, 6.45) is 4.40. The third-order valence-electron chi connectivity index (χ3n) is 4.75. The van der Waals surface area contributed by atoms with Crippen LogP contribution in [0.2, 0.25) is 0 Å². The maximum Gasteiger partial charge on any atom is 0.141 e. The Morgan fingerprint density at radius 3 is 2.91 bits per heavy atom. The molecule has 0 bridgehead atoms. The molecule has 0 N–H and O–H groups in total. The van der Waals surface area contributed by atoms with Crippen molar-refractivity contribution in [1.82, 2.24) is 9.88 Å². The Balaban J connectivity index is 1.44. The second-order valence-corrected chi connectivity index (χ2v) is 7.03. The number of pyridine rings is 1. The van der Waals surface area contributed by atoms with E-state index < -0.39 is 0 Å². The number of ether oxygens (including phenoxy) is 1. The number of hydrogen-bond acceptors (Lipinski definition) is 4. The molecule has 3 nitrogen and oxygen atoms in total. The van der Waals surface area contributed by atoms with E-state index in [4.69, 9.17) is 4.74 Å². The van der Waals surface area contributed by atoms with Gasteiger partial charge in [-0.1, -0.05) is 0 Å². The minimum Gasteiger partial charge on any atom is -0.369 e. The summed E-state index contributed by atoms with van der Waals surface area (Å²) >= 11 is 1.84. The summed E-state index contributed by atoms with van der Waals surface area (Å²) in [5, 5.41) is 2.19. The van der Waals surface area contributed by atoms with Gasteiger partial charge < -0.3 is 4.74 Å². The van der Waals surface area contributed by atoms with Gasteiger partial charge in [0.1, 0.15) is 11.4 Å². The van der Waals surface area contributed by atoms with Gasteiger partial charge in [0.15, 0.2) is 0 Å². The first kappa shape index (κ1) is 14.3. The molecule has 0 unspecified atom stereocenters. The minimum atomic E-state index is -0.276. The lowest BCUT2D eigenvalue weighted by atomic mass is 9.85. The predicted octanol–water partition coefficient (Wildman–Crippen LogP) is 3.35. The lowest BCUT2D eigenvalue weighted by Gasteiger charge is -2.43. The highest BCUT2D eigenvalue weighted by Gasteiger charge is 2.41. The number of hydrogen-bond donors (Lipinski definition) is 0. The Hall–Kier alpha value is -1.30. The summed E-state index contributed by atoms with van der Waals surface area (Å²) in [5.74, 6) is -0.276. The largest absolute Gasteiger partial charge is 0.369 e. The molecule has 0 saturated carbocycles. The Kier molecular flexibility index (Phi) is 3.72. The maximum atomic E-state index is 12.9. The maximum absolute atomic E-state index is 12.9. The molecule has 0 radical (unpaired) electrons. The number of rotatable bonds is 2. The van der Waals surface area contributed by atoms with E-state index in [1.165, 1.54) is 22.7 Å². The average Bonchev–Trinajstić information content (AvgIpc) is 3.02. The highest BCUT2D eigenvalue weighted by Crippen LogP contribution is 2.44. The van der Waals surface area contributed by atoms with Gasteiger partial charge in [-0.05, 0) is 48.4 Å². The van der Waals surface area contributed by atoms with Crippen molar-refractivity contribution < 1.29 is 9.13 Å². The third kappa shape index (κ3) is 2.57. The molecule has 5 heteroatoms. The average molecular weight is 318 g/mol.